The molecular weight excluding hydrogens is 362 g/mol. The van der Waals surface area contributed by atoms with Crippen LogP contribution in [0.4, 0.5) is 16.2 Å². The van der Waals surface area contributed by atoms with Gasteiger partial charge in [0, 0.05) is 40.6 Å². The third-order valence-corrected chi connectivity index (χ3v) is 4.37. The summed E-state index contributed by atoms with van der Waals surface area (Å²) in [7, 11) is 0. The minimum absolute atomic E-state index is 0.325. The Morgan fingerprint density at radius 3 is 2.70 bits per heavy atom. The number of aryl methyl sites for hydroxylation is 1. The summed E-state index contributed by atoms with van der Waals surface area (Å²) in [5.41, 5.74) is 4.01. The van der Waals surface area contributed by atoms with Crippen molar-refractivity contribution in [2.75, 3.05) is 10.6 Å². The number of anilines is 2. The van der Waals surface area contributed by atoms with Gasteiger partial charge < -0.3 is 10.6 Å². The number of halogens is 1. The predicted octanol–water partition coefficient (Wildman–Crippen LogP) is 5.00. The fourth-order valence-corrected chi connectivity index (χ4v) is 2.83. The van der Waals surface area contributed by atoms with E-state index in [1.54, 1.807) is 30.5 Å². The van der Waals surface area contributed by atoms with Gasteiger partial charge >= 0.3 is 6.03 Å². The molecule has 0 aliphatic carbocycles. The van der Waals surface area contributed by atoms with E-state index < -0.39 is 0 Å². The Balaban J connectivity index is 1.56. The zero-order valence-corrected chi connectivity index (χ0v) is 15.2. The summed E-state index contributed by atoms with van der Waals surface area (Å²) in [5.74, 6) is 0.628. The maximum Gasteiger partial charge on any atom is 0.323 e. The third kappa shape index (κ3) is 3.75. The van der Waals surface area contributed by atoms with Crippen LogP contribution in [0.5, 0.6) is 0 Å². The van der Waals surface area contributed by atoms with Crippen molar-refractivity contribution in [2.45, 2.75) is 6.92 Å². The number of rotatable bonds is 3. The molecule has 2 N–H and O–H groups in total. The van der Waals surface area contributed by atoms with Gasteiger partial charge in [0.25, 0.3) is 0 Å². The van der Waals surface area contributed by atoms with Crippen LogP contribution in [0, 0.1) is 6.92 Å². The summed E-state index contributed by atoms with van der Waals surface area (Å²) in [4.78, 5) is 21.1. The molecule has 0 saturated carbocycles. The Bertz CT molecular complexity index is 1090. The van der Waals surface area contributed by atoms with E-state index in [1.807, 2.05) is 48.0 Å². The SMILES string of the molecule is Cc1ccc(-c2cn3cccnc3n2)cc1NC(=O)Nc1ccc(Cl)cc1. The van der Waals surface area contributed by atoms with Crippen molar-refractivity contribution in [3.05, 3.63) is 77.7 Å². The van der Waals surface area contributed by atoms with Crippen LogP contribution in [0.2, 0.25) is 5.02 Å². The first kappa shape index (κ1) is 17.1. The highest BCUT2D eigenvalue weighted by Crippen LogP contribution is 2.25. The summed E-state index contributed by atoms with van der Waals surface area (Å²) in [6.45, 7) is 1.94. The number of carbonyl (C=O) groups excluding carboxylic acids is 1. The summed E-state index contributed by atoms with van der Waals surface area (Å²) >= 11 is 5.86. The number of fused-ring (bicyclic) bond motifs is 1. The van der Waals surface area contributed by atoms with Crippen LogP contribution in [0.1, 0.15) is 5.56 Å². The topological polar surface area (TPSA) is 71.3 Å². The number of nitrogens with one attached hydrogen (secondary N) is 2. The molecule has 0 saturated heterocycles. The minimum Gasteiger partial charge on any atom is -0.308 e. The predicted molar refractivity (Wildman–Crippen MR) is 107 cm³/mol. The molecule has 0 atom stereocenters. The van der Waals surface area contributed by atoms with Gasteiger partial charge in [-0.25, -0.2) is 14.8 Å². The number of nitrogens with zero attached hydrogens (tertiary/aromatic N) is 3. The smallest absolute Gasteiger partial charge is 0.308 e. The number of hydrogen-bond donors (Lipinski definition) is 2. The highest BCUT2D eigenvalue weighted by Gasteiger charge is 2.10. The maximum atomic E-state index is 12.3. The quantitative estimate of drug-likeness (QED) is 0.527. The summed E-state index contributed by atoms with van der Waals surface area (Å²) in [6, 6.07) is 14.3. The van der Waals surface area contributed by atoms with Crippen molar-refractivity contribution >= 4 is 34.8 Å². The Kier molecular flexibility index (Phi) is 4.48. The average molecular weight is 378 g/mol. The molecule has 0 unspecified atom stereocenters. The lowest BCUT2D eigenvalue weighted by Gasteiger charge is -2.11. The minimum atomic E-state index is -0.325. The first-order chi connectivity index (χ1) is 13.1. The van der Waals surface area contributed by atoms with Gasteiger partial charge in [0.1, 0.15) is 0 Å². The molecule has 7 heteroatoms. The maximum absolute atomic E-state index is 12.3. The Morgan fingerprint density at radius 1 is 1.11 bits per heavy atom. The van der Waals surface area contributed by atoms with E-state index in [2.05, 4.69) is 20.6 Å². The largest absolute Gasteiger partial charge is 0.323 e. The molecule has 2 heterocycles. The highest BCUT2D eigenvalue weighted by atomic mass is 35.5. The molecule has 134 valence electrons. The Morgan fingerprint density at radius 2 is 1.93 bits per heavy atom. The molecule has 4 rings (SSSR count). The molecule has 0 aliphatic heterocycles. The van der Waals surface area contributed by atoms with Gasteiger partial charge in [-0.2, -0.15) is 0 Å². The van der Waals surface area contributed by atoms with Crippen molar-refractivity contribution in [2.24, 2.45) is 0 Å². The standard InChI is InChI=1S/C20H16ClN5O/c1-13-3-4-14(18-12-26-10-2-9-22-19(26)24-18)11-17(13)25-20(27)23-16-7-5-15(21)6-8-16/h2-12H,1H3,(H2,23,25,27). The Hall–Kier alpha value is -3.38. The normalized spacial score (nSPS) is 10.7. The van der Waals surface area contributed by atoms with Gasteiger partial charge in [0.15, 0.2) is 0 Å². The lowest BCUT2D eigenvalue weighted by molar-refractivity contribution is 0.262. The van der Waals surface area contributed by atoms with Gasteiger partial charge in [-0.1, -0.05) is 23.7 Å². The first-order valence-corrected chi connectivity index (χ1v) is 8.70. The molecule has 6 nitrogen and oxygen atoms in total. The van der Waals surface area contributed by atoms with Gasteiger partial charge in [-0.3, -0.25) is 4.40 Å². The number of aromatic nitrogens is 3. The summed E-state index contributed by atoms with van der Waals surface area (Å²) < 4.78 is 1.86. The molecular formula is C20H16ClN5O. The fourth-order valence-electron chi connectivity index (χ4n) is 2.70. The summed E-state index contributed by atoms with van der Waals surface area (Å²) in [6.07, 6.45) is 5.51. The fraction of sp³-hybridized carbons (Fsp3) is 0.0500. The Labute approximate surface area is 160 Å². The summed E-state index contributed by atoms with van der Waals surface area (Å²) in [5, 5.41) is 6.29. The van der Waals surface area contributed by atoms with E-state index >= 15 is 0 Å². The van der Waals surface area contributed by atoms with Crippen molar-refractivity contribution < 1.29 is 4.79 Å². The lowest BCUT2D eigenvalue weighted by atomic mass is 10.1. The van der Waals surface area contributed by atoms with Crippen LogP contribution in [0.15, 0.2) is 67.1 Å². The third-order valence-electron chi connectivity index (χ3n) is 4.12. The van der Waals surface area contributed by atoms with E-state index in [4.69, 9.17) is 11.6 Å². The second-order valence-corrected chi connectivity index (χ2v) is 6.51. The van der Waals surface area contributed by atoms with E-state index in [9.17, 15) is 4.79 Å². The van der Waals surface area contributed by atoms with Crippen molar-refractivity contribution in [3.8, 4) is 11.3 Å². The molecule has 2 aromatic heterocycles. The van der Waals surface area contributed by atoms with E-state index in [-0.39, 0.29) is 6.03 Å². The molecule has 2 aromatic carbocycles. The molecule has 0 spiro atoms. The van der Waals surface area contributed by atoms with Gasteiger partial charge in [0.05, 0.1) is 5.69 Å². The first-order valence-electron chi connectivity index (χ1n) is 8.33. The molecule has 0 bridgehead atoms. The molecule has 27 heavy (non-hydrogen) atoms. The van der Waals surface area contributed by atoms with Crippen LogP contribution in [0.3, 0.4) is 0 Å². The van der Waals surface area contributed by atoms with Crippen LogP contribution in [0.25, 0.3) is 17.0 Å². The number of carbonyl (C=O) groups is 1. The number of benzene rings is 2. The van der Waals surface area contributed by atoms with Crippen LogP contribution < -0.4 is 10.6 Å². The van der Waals surface area contributed by atoms with Crippen LogP contribution >= 0.6 is 11.6 Å². The van der Waals surface area contributed by atoms with Crippen LogP contribution in [-0.2, 0) is 0 Å². The number of imidazole rings is 1. The molecule has 0 radical (unpaired) electrons. The van der Waals surface area contributed by atoms with Gasteiger partial charge in [0.2, 0.25) is 5.78 Å². The second-order valence-electron chi connectivity index (χ2n) is 6.07. The van der Waals surface area contributed by atoms with Gasteiger partial charge in [-0.15, -0.1) is 0 Å². The van der Waals surface area contributed by atoms with Gasteiger partial charge in [-0.05, 0) is 48.9 Å². The number of hydrogen-bond acceptors (Lipinski definition) is 3. The van der Waals surface area contributed by atoms with Crippen LogP contribution in [-0.4, -0.2) is 20.4 Å². The lowest BCUT2D eigenvalue weighted by Crippen LogP contribution is -2.19. The highest BCUT2D eigenvalue weighted by molar-refractivity contribution is 6.30. The van der Waals surface area contributed by atoms with E-state index in [0.717, 1.165) is 16.8 Å². The zero-order valence-electron chi connectivity index (χ0n) is 14.5. The zero-order chi connectivity index (χ0) is 18.8. The molecule has 4 aromatic rings. The van der Waals surface area contributed by atoms with Crippen molar-refractivity contribution in [1.29, 1.82) is 0 Å². The molecule has 0 fully saturated rings. The molecule has 2 amide bonds. The number of urea groups is 1. The monoisotopic (exact) mass is 377 g/mol. The second kappa shape index (κ2) is 7.09. The average Bonchev–Trinajstić information content (AvgIpc) is 3.09. The van der Waals surface area contributed by atoms with Crippen molar-refractivity contribution in [3.63, 3.8) is 0 Å². The molecule has 0 aliphatic rings. The number of amides is 2. The van der Waals surface area contributed by atoms with E-state index in [0.29, 0.717) is 22.2 Å². The van der Waals surface area contributed by atoms with Crippen molar-refractivity contribution in [1.82, 2.24) is 14.4 Å². The van der Waals surface area contributed by atoms with E-state index in [1.165, 1.54) is 0 Å².